The molecule has 1 amide bonds. The SMILES string of the molecule is Cc1ccc(S(=O)(=O)NCCC(=O)Nc2nc3ccc(C)cc3s2)c(C)c1. The van der Waals surface area contributed by atoms with Gasteiger partial charge < -0.3 is 5.32 Å². The molecule has 0 unspecified atom stereocenters. The molecule has 0 saturated heterocycles. The average Bonchev–Trinajstić information content (AvgIpc) is 2.95. The van der Waals surface area contributed by atoms with Crippen LogP contribution in [0.15, 0.2) is 41.3 Å². The van der Waals surface area contributed by atoms with Crippen molar-refractivity contribution in [3.8, 4) is 0 Å². The first-order valence-corrected chi connectivity index (χ1v) is 10.8. The number of carbonyl (C=O) groups excluding carboxylic acids is 1. The zero-order valence-electron chi connectivity index (χ0n) is 15.4. The highest BCUT2D eigenvalue weighted by molar-refractivity contribution is 7.89. The van der Waals surface area contributed by atoms with Crippen LogP contribution in [-0.2, 0) is 14.8 Å². The molecule has 1 heterocycles. The van der Waals surface area contributed by atoms with Gasteiger partial charge in [-0.2, -0.15) is 0 Å². The number of hydrogen-bond donors (Lipinski definition) is 2. The van der Waals surface area contributed by atoms with Crippen molar-refractivity contribution in [1.82, 2.24) is 9.71 Å². The Bertz CT molecular complexity index is 1100. The average molecular weight is 404 g/mol. The maximum Gasteiger partial charge on any atom is 0.240 e. The molecular weight excluding hydrogens is 382 g/mol. The first-order valence-electron chi connectivity index (χ1n) is 8.48. The van der Waals surface area contributed by atoms with Crippen molar-refractivity contribution in [3.63, 3.8) is 0 Å². The van der Waals surface area contributed by atoms with Crippen LogP contribution in [0.4, 0.5) is 5.13 Å². The Balaban J connectivity index is 1.58. The van der Waals surface area contributed by atoms with E-state index in [1.165, 1.54) is 11.3 Å². The molecule has 0 aliphatic rings. The monoisotopic (exact) mass is 403 g/mol. The highest BCUT2D eigenvalue weighted by atomic mass is 32.2. The number of rotatable bonds is 6. The quantitative estimate of drug-likeness (QED) is 0.659. The van der Waals surface area contributed by atoms with Crippen LogP contribution >= 0.6 is 11.3 Å². The van der Waals surface area contributed by atoms with Crippen molar-refractivity contribution in [1.29, 1.82) is 0 Å². The van der Waals surface area contributed by atoms with Crippen molar-refractivity contribution in [2.75, 3.05) is 11.9 Å². The van der Waals surface area contributed by atoms with E-state index in [4.69, 9.17) is 0 Å². The molecule has 0 radical (unpaired) electrons. The molecule has 0 aliphatic heterocycles. The van der Waals surface area contributed by atoms with Crippen molar-refractivity contribution in [2.24, 2.45) is 0 Å². The predicted molar refractivity (Wildman–Crippen MR) is 109 cm³/mol. The van der Waals surface area contributed by atoms with E-state index in [2.05, 4.69) is 15.0 Å². The molecule has 0 spiro atoms. The Morgan fingerprint density at radius 1 is 1.07 bits per heavy atom. The second-order valence-electron chi connectivity index (χ2n) is 6.46. The number of nitrogens with zero attached hydrogens (tertiary/aromatic N) is 1. The summed E-state index contributed by atoms with van der Waals surface area (Å²) in [6.45, 7) is 5.68. The first-order chi connectivity index (χ1) is 12.7. The lowest BCUT2D eigenvalue weighted by Gasteiger charge is -2.09. The zero-order chi connectivity index (χ0) is 19.6. The molecule has 1 aromatic heterocycles. The molecule has 8 heteroatoms. The number of fused-ring (bicyclic) bond motifs is 1. The lowest BCUT2D eigenvalue weighted by atomic mass is 10.2. The van der Waals surface area contributed by atoms with E-state index in [1.807, 2.05) is 38.1 Å². The molecule has 2 N–H and O–H groups in total. The van der Waals surface area contributed by atoms with E-state index in [0.29, 0.717) is 10.7 Å². The van der Waals surface area contributed by atoms with E-state index in [9.17, 15) is 13.2 Å². The van der Waals surface area contributed by atoms with Crippen LogP contribution in [0.1, 0.15) is 23.1 Å². The molecular formula is C19H21N3O3S2. The largest absolute Gasteiger partial charge is 0.302 e. The summed E-state index contributed by atoms with van der Waals surface area (Å²) in [6, 6.07) is 11.0. The molecule has 0 aliphatic carbocycles. The van der Waals surface area contributed by atoms with Gasteiger partial charge in [-0.05, 0) is 50.1 Å². The van der Waals surface area contributed by atoms with Crippen LogP contribution in [0.5, 0.6) is 0 Å². The highest BCUT2D eigenvalue weighted by Gasteiger charge is 2.17. The molecule has 3 rings (SSSR count). The summed E-state index contributed by atoms with van der Waals surface area (Å²) in [5.74, 6) is -0.283. The Morgan fingerprint density at radius 2 is 1.78 bits per heavy atom. The number of aryl methyl sites for hydroxylation is 3. The van der Waals surface area contributed by atoms with Gasteiger partial charge in [-0.1, -0.05) is 35.1 Å². The van der Waals surface area contributed by atoms with E-state index < -0.39 is 10.0 Å². The number of amides is 1. The molecule has 142 valence electrons. The minimum Gasteiger partial charge on any atom is -0.302 e. The van der Waals surface area contributed by atoms with Crippen LogP contribution in [0.2, 0.25) is 0 Å². The lowest BCUT2D eigenvalue weighted by molar-refractivity contribution is -0.116. The summed E-state index contributed by atoms with van der Waals surface area (Å²) in [4.78, 5) is 16.7. The van der Waals surface area contributed by atoms with E-state index >= 15 is 0 Å². The fraction of sp³-hybridized carbons (Fsp3) is 0.263. The molecule has 27 heavy (non-hydrogen) atoms. The second-order valence-corrected chi connectivity index (χ2v) is 9.22. The lowest BCUT2D eigenvalue weighted by Crippen LogP contribution is -2.28. The maximum atomic E-state index is 12.4. The first kappa shape index (κ1) is 19.5. The van der Waals surface area contributed by atoms with Crippen LogP contribution in [-0.4, -0.2) is 25.9 Å². The molecule has 0 atom stereocenters. The summed E-state index contributed by atoms with van der Waals surface area (Å²) in [6.07, 6.45) is 0.0269. The van der Waals surface area contributed by atoms with Crippen molar-refractivity contribution in [3.05, 3.63) is 53.1 Å². The van der Waals surface area contributed by atoms with Gasteiger partial charge in [0.1, 0.15) is 0 Å². The third-order valence-electron chi connectivity index (χ3n) is 4.05. The van der Waals surface area contributed by atoms with Crippen LogP contribution in [0.3, 0.4) is 0 Å². The fourth-order valence-corrected chi connectivity index (χ4v) is 4.98. The van der Waals surface area contributed by atoms with Gasteiger partial charge in [0.15, 0.2) is 5.13 Å². The molecule has 0 saturated carbocycles. The predicted octanol–water partition coefficient (Wildman–Crippen LogP) is 3.53. The highest BCUT2D eigenvalue weighted by Crippen LogP contribution is 2.26. The maximum absolute atomic E-state index is 12.4. The summed E-state index contributed by atoms with van der Waals surface area (Å²) in [5.41, 5.74) is 3.63. The number of thiazole rings is 1. The summed E-state index contributed by atoms with van der Waals surface area (Å²) >= 11 is 1.40. The van der Waals surface area contributed by atoms with E-state index in [-0.39, 0.29) is 23.8 Å². The van der Waals surface area contributed by atoms with Gasteiger partial charge in [-0.3, -0.25) is 4.79 Å². The number of hydrogen-bond acceptors (Lipinski definition) is 5. The fourth-order valence-electron chi connectivity index (χ4n) is 2.74. The Hall–Kier alpha value is -2.29. The minimum atomic E-state index is -3.64. The molecule has 3 aromatic rings. The summed E-state index contributed by atoms with van der Waals surface area (Å²) in [7, 11) is -3.64. The van der Waals surface area contributed by atoms with Gasteiger partial charge in [-0.15, -0.1) is 0 Å². The van der Waals surface area contributed by atoms with Gasteiger partial charge in [-0.25, -0.2) is 18.1 Å². The summed E-state index contributed by atoms with van der Waals surface area (Å²) < 4.78 is 28.3. The Labute approximate surface area is 162 Å². The van der Waals surface area contributed by atoms with Gasteiger partial charge in [0.25, 0.3) is 0 Å². The second kappa shape index (κ2) is 7.75. The summed E-state index contributed by atoms with van der Waals surface area (Å²) in [5, 5.41) is 3.24. The van der Waals surface area contributed by atoms with Crippen LogP contribution < -0.4 is 10.0 Å². The van der Waals surface area contributed by atoms with E-state index in [0.717, 1.165) is 21.3 Å². The molecule has 0 fully saturated rings. The number of nitrogens with one attached hydrogen (secondary N) is 2. The third kappa shape index (κ3) is 4.71. The van der Waals surface area contributed by atoms with Gasteiger partial charge in [0, 0.05) is 13.0 Å². The van der Waals surface area contributed by atoms with Crippen LogP contribution in [0.25, 0.3) is 10.2 Å². The van der Waals surface area contributed by atoms with Gasteiger partial charge >= 0.3 is 0 Å². The topological polar surface area (TPSA) is 88.2 Å². The van der Waals surface area contributed by atoms with Crippen molar-refractivity contribution < 1.29 is 13.2 Å². The molecule has 6 nitrogen and oxygen atoms in total. The molecule has 0 bridgehead atoms. The van der Waals surface area contributed by atoms with Crippen molar-refractivity contribution >= 4 is 42.6 Å². The number of aromatic nitrogens is 1. The van der Waals surface area contributed by atoms with Crippen LogP contribution in [0, 0.1) is 20.8 Å². The smallest absolute Gasteiger partial charge is 0.240 e. The van der Waals surface area contributed by atoms with Crippen molar-refractivity contribution in [2.45, 2.75) is 32.1 Å². The standard InChI is InChI=1S/C19H21N3O3S2/c1-12-5-7-17(14(3)10-12)27(24,25)20-9-8-18(23)22-19-21-15-6-4-13(2)11-16(15)26-19/h4-7,10-11,20H,8-9H2,1-3H3,(H,21,22,23). The molecule has 2 aromatic carbocycles. The number of sulfonamides is 1. The number of benzene rings is 2. The van der Waals surface area contributed by atoms with Gasteiger partial charge in [0.2, 0.25) is 15.9 Å². The zero-order valence-corrected chi connectivity index (χ0v) is 17.0. The third-order valence-corrected chi connectivity index (χ3v) is 6.61. The normalized spacial score (nSPS) is 11.7. The Morgan fingerprint density at radius 3 is 2.52 bits per heavy atom. The minimum absolute atomic E-state index is 0.0193. The number of anilines is 1. The Kier molecular flexibility index (Phi) is 5.59. The number of carbonyl (C=O) groups is 1. The van der Waals surface area contributed by atoms with Gasteiger partial charge in [0.05, 0.1) is 15.1 Å². The van der Waals surface area contributed by atoms with E-state index in [1.54, 1.807) is 19.1 Å².